The van der Waals surface area contributed by atoms with E-state index >= 15 is 0 Å². The predicted molar refractivity (Wildman–Crippen MR) is 211 cm³/mol. The van der Waals surface area contributed by atoms with Crippen LogP contribution in [0.1, 0.15) is 0 Å². The minimum absolute atomic E-state index is 1.11. The average molecular weight is 643 g/mol. The van der Waals surface area contributed by atoms with Crippen molar-refractivity contribution in [2.24, 2.45) is 0 Å². The van der Waals surface area contributed by atoms with Crippen molar-refractivity contribution >= 4 is 81.1 Å². The maximum absolute atomic E-state index is 2.47. The number of aromatic nitrogens is 1. The number of thiophene rings is 1. The molecule has 0 unspecified atom stereocenters. The maximum atomic E-state index is 2.47. The van der Waals surface area contributed by atoms with Gasteiger partial charge < -0.3 is 9.47 Å². The highest BCUT2D eigenvalue weighted by molar-refractivity contribution is 7.25. The molecule has 0 radical (unpaired) electrons. The van der Waals surface area contributed by atoms with Gasteiger partial charge in [0.2, 0.25) is 0 Å². The van der Waals surface area contributed by atoms with Crippen LogP contribution < -0.4 is 4.90 Å². The fourth-order valence-corrected chi connectivity index (χ4v) is 8.79. The molecule has 230 valence electrons. The summed E-state index contributed by atoms with van der Waals surface area (Å²) in [6, 6.07) is 66.2. The number of hydrogen-bond donors (Lipinski definition) is 0. The van der Waals surface area contributed by atoms with Gasteiger partial charge in [-0.1, -0.05) is 127 Å². The van der Waals surface area contributed by atoms with Gasteiger partial charge in [-0.15, -0.1) is 11.3 Å². The second kappa shape index (κ2) is 11.2. The third-order valence-corrected chi connectivity index (χ3v) is 10.9. The first-order valence-corrected chi connectivity index (χ1v) is 17.5. The van der Waals surface area contributed by atoms with Crippen molar-refractivity contribution in [1.29, 1.82) is 0 Å². The molecule has 0 N–H and O–H groups in total. The van der Waals surface area contributed by atoms with Gasteiger partial charge >= 0.3 is 0 Å². The molecule has 0 amide bonds. The van der Waals surface area contributed by atoms with Crippen molar-refractivity contribution in [2.45, 2.75) is 0 Å². The molecule has 0 spiro atoms. The van der Waals surface area contributed by atoms with Gasteiger partial charge in [0.1, 0.15) is 0 Å². The van der Waals surface area contributed by atoms with Gasteiger partial charge in [0.15, 0.2) is 0 Å². The Morgan fingerprint density at radius 1 is 0.408 bits per heavy atom. The van der Waals surface area contributed by atoms with Crippen molar-refractivity contribution in [3.05, 3.63) is 182 Å². The summed E-state index contributed by atoms with van der Waals surface area (Å²) in [4.78, 5) is 2.47. The van der Waals surface area contributed by atoms with E-state index in [4.69, 9.17) is 0 Å². The molecule has 49 heavy (non-hydrogen) atoms. The lowest BCUT2D eigenvalue weighted by Gasteiger charge is -2.29. The van der Waals surface area contributed by atoms with E-state index in [1.807, 2.05) is 11.3 Å². The highest BCUT2D eigenvalue weighted by Gasteiger charge is 2.22. The monoisotopic (exact) mass is 642 g/mol. The molecule has 0 fully saturated rings. The number of benzene rings is 8. The van der Waals surface area contributed by atoms with Crippen LogP contribution in [0.25, 0.3) is 69.6 Å². The molecule has 0 atom stereocenters. The molecular formula is C46H30N2S. The highest BCUT2D eigenvalue weighted by atomic mass is 32.1. The number of fused-ring (bicyclic) bond motifs is 7. The maximum Gasteiger partial charge on any atom is 0.0561 e. The van der Waals surface area contributed by atoms with Crippen molar-refractivity contribution in [1.82, 2.24) is 4.57 Å². The molecule has 2 heterocycles. The van der Waals surface area contributed by atoms with Crippen LogP contribution in [0, 0.1) is 0 Å². The number of rotatable bonds is 5. The van der Waals surface area contributed by atoms with Crippen LogP contribution in [0.5, 0.6) is 0 Å². The van der Waals surface area contributed by atoms with Crippen LogP contribution in [0.3, 0.4) is 0 Å². The fourth-order valence-electron chi connectivity index (χ4n) is 7.66. The molecule has 0 saturated carbocycles. The number of anilines is 3. The molecule has 0 aliphatic heterocycles. The second-order valence-corrected chi connectivity index (χ2v) is 13.6. The number of nitrogens with zero attached hydrogens (tertiary/aromatic N) is 2. The smallest absolute Gasteiger partial charge is 0.0561 e. The molecule has 8 aromatic carbocycles. The summed E-state index contributed by atoms with van der Waals surface area (Å²) in [5.74, 6) is 0. The van der Waals surface area contributed by atoms with E-state index in [-0.39, 0.29) is 0 Å². The van der Waals surface area contributed by atoms with Crippen LogP contribution in [0.2, 0.25) is 0 Å². The Kier molecular flexibility index (Phi) is 6.39. The lowest BCUT2D eigenvalue weighted by atomic mass is 9.96. The standard InChI is InChI=1S/C46H30N2S/c1-2-16-32(17-3-1)47-41-23-9-6-19-35(41)37-29-28-33(30-43(37)47)48(40-25-12-15-31-14-4-5-18-34(31)40)42-24-10-7-20-36(42)38-22-13-27-45-46(38)39-21-8-11-26-44(39)49-45/h1-30H. The Bertz CT molecular complexity index is 2840. The van der Waals surface area contributed by atoms with Crippen LogP contribution >= 0.6 is 11.3 Å². The molecule has 2 nitrogen and oxygen atoms in total. The third kappa shape index (κ3) is 4.40. The molecule has 3 heteroatoms. The SMILES string of the molecule is c1ccc(-n2c3ccccc3c3ccc(N(c4ccccc4-c4cccc5sc6ccccc6c45)c4cccc5ccccc45)cc32)cc1. The molecule has 10 rings (SSSR count). The minimum Gasteiger partial charge on any atom is -0.309 e. The Balaban J connectivity index is 1.29. The Hall–Kier alpha value is -6.16. The minimum atomic E-state index is 1.11. The first-order valence-electron chi connectivity index (χ1n) is 16.7. The van der Waals surface area contributed by atoms with E-state index in [2.05, 4.69) is 191 Å². The van der Waals surface area contributed by atoms with E-state index in [1.165, 1.54) is 63.9 Å². The molecule has 0 bridgehead atoms. The molecular weight excluding hydrogens is 613 g/mol. The summed E-state index contributed by atoms with van der Waals surface area (Å²) in [6.07, 6.45) is 0. The van der Waals surface area contributed by atoms with E-state index in [0.717, 1.165) is 22.7 Å². The van der Waals surface area contributed by atoms with Gasteiger partial charge in [-0.3, -0.25) is 0 Å². The zero-order valence-corrected chi connectivity index (χ0v) is 27.4. The van der Waals surface area contributed by atoms with Crippen LogP contribution in [0.4, 0.5) is 17.1 Å². The Morgan fingerprint density at radius 2 is 1.04 bits per heavy atom. The molecule has 0 aliphatic rings. The summed E-state index contributed by atoms with van der Waals surface area (Å²) in [7, 11) is 0. The van der Waals surface area contributed by atoms with Crippen LogP contribution in [0.15, 0.2) is 182 Å². The second-order valence-electron chi connectivity index (χ2n) is 12.5. The summed E-state index contributed by atoms with van der Waals surface area (Å²) in [5, 5.41) is 7.53. The zero-order valence-electron chi connectivity index (χ0n) is 26.6. The normalized spacial score (nSPS) is 11.7. The van der Waals surface area contributed by atoms with Gasteiger partial charge in [0, 0.05) is 53.3 Å². The number of para-hydroxylation sites is 3. The molecule has 2 aromatic heterocycles. The number of hydrogen-bond acceptors (Lipinski definition) is 2. The van der Waals surface area contributed by atoms with Crippen molar-refractivity contribution in [3.63, 3.8) is 0 Å². The van der Waals surface area contributed by atoms with Crippen molar-refractivity contribution in [2.75, 3.05) is 4.90 Å². The lowest BCUT2D eigenvalue weighted by Crippen LogP contribution is -2.12. The first-order chi connectivity index (χ1) is 24.3. The predicted octanol–water partition coefficient (Wildman–Crippen LogP) is 13.4. The molecule has 0 aliphatic carbocycles. The quantitative estimate of drug-likeness (QED) is 0.181. The van der Waals surface area contributed by atoms with Crippen LogP contribution in [-0.2, 0) is 0 Å². The highest BCUT2D eigenvalue weighted by Crippen LogP contribution is 2.48. The molecule has 0 saturated heterocycles. The summed E-state index contributed by atoms with van der Waals surface area (Å²) in [5.41, 5.74) is 9.38. The Morgan fingerprint density at radius 3 is 1.96 bits per heavy atom. The van der Waals surface area contributed by atoms with Crippen LogP contribution in [-0.4, -0.2) is 4.57 Å². The van der Waals surface area contributed by atoms with Crippen molar-refractivity contribution in [3.8, 4) is 16.8 Å². The fraction of sp³-hybridized carbons (Fsp3) is 0. The lowest BCUT2D eigenvalue weighted by molar-refractivity contribution is 1.18. The molecule has 10 aromatic rings. The van der Waals surface area contributed by atoms with Gasteiger partial charge in [-0.25, -0.2) is 0 Å². The Labute approximate surface area is 288 Å². The topological polar surface area (TPSA) is 8.17 Å². The summed E-state index contributed by atoms with van der Waals surface area (Å²) >= 11 is 1.87. The van der Waals surface area contributed by atoms with E-state index in [9.17, 15) is 0 Å². The van der Waals surface area contributed by atoms with E-state index < -0.39 is 0 Å². The first kappa shape index (κ1) is 27.9. The average Bonchev–Trinajstić information content (AvgIpc) is 3.71. The summed E-state index contributed by atoms with van der Waals surface area (Å²) in [6.45, 7) is 0. The van der Waals surface area contributed by atoms with E-state index in [1.54, 1.807) is 0 Å². The third-order valence-electron chi connectivity index (χ3n) is 9.78. The van der Waals surface area contributed by atoms with Gasteiger partial charge in [0.25, 0.3) is 0 Å². The zero-order chi connectivity index (χ0) is 32.3. The van der Waals surface area contributed by atoms with E-state index in [0.29, 0.717) is 0 Å². The van der Waals surface area contributed by atoms with Gasteiger partial charge in [-0.05, 0) is 65.5 Å². The van der Waals surface area contributed by atoms with Gasteiger partial charge in [0.05, 0.1) is 22.4 Å². The van der Waals surface area contributed by atoms with Crippen molar-refractivity contribution < 1.29 is 0 Å². The summed E-state index contributed by atoms with van der Waals surface area (Å²) < 4.78 is 5.02. The largest absolute Gasteiger partial charge is 0.309 e. The van der Waals surface area contributed by atoms with Gasteiger partial charge in [-0.2, -0.15) is 0 Å².